The van der Waals surface area contributed by atoms with E-state index in [1.165, 1.54) is 25.0 Å². The van der Waals surface area contributed by atoms with Crippen LogP contribution in [0.3, 0.4) is 0 Å². The van der Waals surface area contributed by atoms with Gasteiger partial charge in [-0.1, -0.05) is 12.1 Å². The molecule has 144 valence electrons. The molecule has 4 rings (SSSR count). The highest BCUT2D eigenvalue weighted by molar-refractivity contribution is 7.89. The maximum atomic E-state index is 13.1. The molecule has 0 unspecified atom stereocenters. The Labute approximate surface area is 159 Å². The van der Waals surface area contributed by atoms with Gasteiger partial charge < -0.3 is 4.74 Å². The zero-order chi connectivity index (χ0) is 18.9. The first-order valence-corrected chi connectivity index (χ1v) is 11.0. The molecule has 27 heavy (non-hydrogen) atoms. The summed E-state index contributed by atoms with van der Waals surface area (Å²) in [6.45, 7) is 0.321. The lowest BCUT2D eigenvalue weighted by Crippen LogP contribution is -2.32. The summed E-state index contributed by atoms with van der Waals surface area (Å²) in [4.78, 5) is 0.233. The Bertz CT molecular complexity index is 884. The van der Waals surface area contributed by atoms with Crippen molar-refractivity contribution in [3.63, 3.8) is 0 Å². The van der Waals surface area contributed by atoms with Crippen LogP contribution in [0, 0.1) is 5.82 Å². The molecule has 2 aromatic carbocycles. The minimum Gasteiger partial charge on any atom is -0.490 e. The van der Waals surface area contributed by atoms with Crippen LogP contribution in [-0.4, -0.2) is 21.1 Å². The molecule has 0 atom stereocenters. The zero-order valence-corrected chi connectivity index (χ0v) is 16.0. The van der Waals surface area contributed by atoms with Crippen molar-refractivity contribution in [3.05, 3.63) is 59.9 Å². The molecule has 2 fully saturated rings. The fourth-order valence-electron chi connectivity index (χ4n) is 3.73. The van der Waals surface area contributed by atoms with E-state index >= 15 is 0 Å². The second-order valence-electron chi connectivity index (χ2n) is 7.61. The summed E-state index contributed by atoms with van der Waals surface area (Å²) in [5, 5.41) is 0. The molecule has 4 nitrogen and oxygen atoms in total. The van der Waals surface area contributed by atoms with Crippen molar-refractivity contribution in [3.8, 4) is 5.75 Å². The Morgan fingerprint density at radius 1 is 1.00 bits per heavy atom. The summed E-state index contributed by atoms with van der Waals surface area (Å²) in [6.07, 6.45) is 6.55. The first-order chi connectivity index (χ1) is 13.0. The van der Waals surface area contributed by atoms with E-state index in [0.29, 0.717) is 12.3 Å². The Morgan fingerprint density at radius 3 is 2.22 bits per heavy atom. The smallest absolute Gasteiger partial charge is 0.240 e. The van der Waals surface area contributed by atoms with Crippen molar-refractivity contribution in [2.24, 2.45) is 0 Å². The lowest BCUT2D eigenvalue weighted by molar-refractivity contribution is 0.210. The van der Waals surface area contributed by atoms with Crippen molar-refractivity contribution >= 4 is 10.0 Å². The second kappa shape index (κ2) is 7.24. The van der Waals surface area contributed by atoms with Gasteiger partial charge >= 0.3 is 0 Å². The van der Waals surface area contributed by atoms with Gasteiger partial charge in [0.25, 0.3) is 0 Å². The molecule has 0 radical (unpaired) electrons. The predicted molar refractivity (Wildman–Crippen MR) is 102 cm³/mol. The van der Waals surface area contributed by atoms with Crippen LogP contribution in [0.15, 0.2) is 53.4 Å². The van der Waals surface area contributed by atoms with Crippen LogP contribution >= 0.6 is 0 Å². The molecule has 0 saturated heterocycles. The first kappa shape index (κ1) is 18.4. The van der Waals surface area contributed by atoms with Crippen molar-refractivity contribution < 1.29 is 17.5 Å². The monoisotopic (exact) mass is 389 g/mol. The molecule has 2 saturated carbocycles. The minimum atomic E-state index is -3.59. The van der Waals surface area contributed by atoms with Gasteiger partial charge in [0.05, 0.1) is 11.0 Å². The van der Waals surface area contributed by atoms with Crippen molar-refractivity contribution in [2.75, 3.05) is 6.54 Å². The average Bonchev–Trinajstić information content (AvgIpc) is 3.29. The summed E-state index contributed by atoms with van der Waals surface area (Å²) in [7, 11) is -3.59. The fourth-order valence-corrected chi connectivity index (χ4v) is 4.86. The van der Waals surface area contributed by atoms with E-state index in [2.05, 4.69) is 4.72 Å². The van der Waals surface area contributed by atoms with Crippen molar-refractivity contribution in [1.29, 1.82) is 0 Å². The molecule has 6 heteroatoms. The maximum Gasteiger partial charge on any atom is 0.240 e. The SMILES string of the molecule is O=S(=O)(NCC1(c2ccc(F)cc2)CC1)c1ccc(OC2CCCC2)cc1. The van der Waals surface area contributed by atoms with Crippen LogP contribution in [0.2, 0.25) is 0 Å². The molecule has 2 aliphatic rings. The van der Waals surface area contributed by atoms with E-state index in [1.54, 1.807) is 36.4 Å². The van der Waals surface area contributed by atoms with Gasteiger partial charge in [0.1, 0.15) is 11.6 Å². The van der Waals surface area contributed by atoms with Crippen molar-refractivity contribution in [1.82, 2.24) is 4.72 Å². The van der Waals surface area contributed by atoms with E-state index in [0.717, 1.165) is 31.2 Å². The Kier molecular flexibility index (Phi) is 4.95. The summed E-state index contributed by atoms with van der Waals surface area (Å²) in [5.74, 6) is 0.431. The second-order valence-corrected chi connectivity index (χ2v) is 9.37. The molecule has 2 aromatic rings. The molecule has 0 amide bonds. The maximum absolute atomic E-state index is 13.1. The highest BCUT2D eigenvalue weighted by Gasteiger charge is 2.44. The standard InChI is InChI=1S/C21H24FNO3S/c22-17-7-5-16(6-8-17)21(13-14-21)15-23-27(24,25)20-11-9-19(10-12-20)26-18-3-1-2-4-18/h5-12,18,23H,1-4,13-15H2. The molecular weight excluding hydrogens is 365 g/mol. The molecule has 0 spiro atoms. The number of nitrogens with one attached hydrogen (secondary N) is 1. The molecule has 0 heterocycles. The normalized spacial score (nSPS) is 19.1. The molecular formula is C21H24FNO3S. The van der Waals surface area contributed by atoms with Crippen LogP contribution in [0.1, 0.15) is 44.1 Å². The van der Waals surface area contributed by atoms with Gasteiger partial charge in [-0.05, 0) is 80.5 Å². The van der Waals surface area contributed by atoms with E-state index in [-0.39, 0.29) is 22.2 Å². The zero-order valence-electron chi connectivity index (χ0n) is 15.2. The van der Waals surface area contributed by atoms with Crippen LogP contribution < -0.4 is 9.46 Å². The van der Waals surface area contributed by atoms with Gasteiger partial charge in [0, 0.05) is 12.0 Å². The molecule has 0 aliphatic heterocycles. The number of halogens is 1. The summed E-state index contributed by atoms with van der Waals surface area (Å²) in [5.41, 5.74) is 0.763. The quantitative estimate of drug-likeness (QED) is 0.774. The number of benzene rings is 2. The topological polar surface area (TPSA) is 55.4 Å². The summed E-state index contributed by atoms with van der Waals surface area (Å²) in [6, 6.07) is 12.9. The van der Waals surface area contributed by atoms with Gasteiger partial charge in [0.2, 0.25) is 10.0 Å². The highest BCUT2D eigenvalue weighted by Crippen LogP contribution is 2.47. The van der Waals surface area contributed by atoms with Gasteiger partial charge in [-0.2, -0.15) is 0 Å². The summed E-state index contributed by atoms with van der Waals surface area (Å²) < 4.78 is 47.0. The molecule has 0 bridgehead atoms. The van der Waals surface area contributed by atoms with Crippen LogP contribution in [0.25, 0.3) is 0 Å². The average molecular weight is 389 g/mol. The predicted octanol–water partition coefficient (Wildman–Crippen LogP) is 4.16. The van der Waals surface area contributed by atoms with Gasteiger partial charge in [-0.25, -0.2) is 17.5 Å². The van der Waals surface area contributed by atoms with E-state index < -0.39 is 10.0 Å². The van der Waals surface area contributed by atoms with Crippen LogP contribution in [-0.2, 0) is 15.4 Å². The minimum absolute atomic E-state index is 0.216. The third-order valence-corrected chi connectivity index (χ3v) is 7.07. The van der Waals surface area contributed by atoms with Gasteiger partial charge in [-0.15, -0.1) is 0 Å². The third kappa shape index (κ3) is 4.17. The van der Waals surface area contributed by atoms with Gasteiger partial charge in [0.15, 0.2) is 0 Å². The van der Waals surface area contributed by atoms with E-state index in [1.807, 2.05) is 0 Å². The Morgan fingerprint density at radius 2 is 1.63 bits per heavy atom. The lowest BCUT2D eigenvalue weighted by Gasteiger charge is -2.17. The van der Waals surface area contributed by atoms with Gasteiger partial charge in [-0.3, -0.25) is 0 Å². The number of hydrogen-bond donors (Lipinski definition) is 1. The number of sulfonamides is 1. The van der Waals surface area contributed by atoms with Crippen LogP contribution in [0.4, 0.5) is 4.39 Å². The number of rotatable bonds is 7. The lowest BCUT2D eigenvalue weighted by atomic mass is 9.96. The molecule has 2 aliphatic carbocycles. The molecule has 0 aromatic heterocycles. The highest BCUT2D eigenvalue weighted by atomic mass is 32.2. The first-order valence-electron chi connectivity index (χ1n) is 9.49. The fraction of sp³-hybridized carbons (Fsp3) is 0.429. The van der Waals surface area contributed by atoms with E-state index in [4.69, 9.17) is 4.74 Å². The van der Waals surface area contributed by atoms with E-state index in [9.17, 15) is 12.8 Å². The summed E-state index contributed by atoms with van der Waals surface area (Å²) >= 11 is 0. The Balaban J connectivity index is 1.40. The number of hydrogen-bond acceptors (Lipinski definition) is 3. The van der Waals surface area contributed by atoms with Crippen molar-refractivity contribution in [2.45, 2.75) is 54.9 Å². The van der Waals surface area contributed by atoms with Crippen LogP contribution in [0.5, 0.6) is 5.75 Å². The third-order valence-electron chi connectivity index (χ3n) is 5.65. The largest absolute Gasteiger partial charge is 0.490 e. The molecule has 1 N–H and O–H groups in total. The Hall–Kier alpha value is -1.92. The number of ether oxygens (including phenoxy) is 1.